The first-order valence-electron chi connectivity index (χ1n) is 13.8. The lowest BCUT2D eigenvalue weighted by Crippen LogP contribution is -2.36. The number of benzene rings is 3. The normalized spacial score (nSPS) is 16.0. The van der Waals surface area contributed by atoms with E-state index in [1.165, 1.54) is 0 Å². The highest BCUT2D eigenvalue weighted by atomic mass is 32.2. The van der Waals surface area contributed by atoms with Gasteiger partial charge in [0.05, 0.1) is 18.1 Å². The highest BCUT2D eigenvalue weighted by Gasteiger charge is 2.36. The summed E-state index contributed by atoms with van der Waals surface area (Å²) in [5.74, 6) is -0.799. The molecule has 2 aliphatic heterocycles. The number of ether oxygens (including phenoxy) is 2. The van der Waals surface area contributed by atoms with Gasteiger partial charge in [-0.3, -0.25) is 24.1 Å². The van der Waals surface area contributed by atoms with Crippen molar-refractivity contribution in [3.63, 3.8) is 0 Å². The lowest BCUT2D eigenvalue weighted by Gasteiger charge is -2.28. The van der Waals surface area contributed by atoms with Crippen molar-refractivity contribution >= 4 is 57.9 Å². The van der Waals surface area contributed by atoms with Gasteiger partial charge in [0, 0.05) is 30.2 Å². The quantitative estimate of drug-likeness (QED) is 0.336. The lowest BCUT2D eigenvalue weighted by molar-refractivity contribution is -0.127. The van der Waals surface area contributed by atoms with Crippen LogP contribution in [0.2, 0.25) is 0 Å². The second-order valence-electron chi connectivity index (χ2n) is 10.2. The molecule has 2 N–H and O–H groups in total. The first-order chi connectivity index (χ1) is 20.7. The Morgan fingerprint density at radius 3 is 2.26 bits per heavy atom. The molecule has 0 radical (unpaired) electrons. The second kappa shape index (κ2) is 13.6. The third-order valence-electron chi connectivity index (χ3n) is 7.04. The first-order valence-corrected chi connectivity index (χ1v) is 14.6. The Labute approximate surface area is 254 Å². The van der Waals surface area contributed by atoms with Gasteiger partial charge in [0.2, 0.25) is 5.91 Å². The molecule has 5 rings (SSSR count). The van der Waals surface area contributed by atoms with Crippen LogP contribution in [0.5, 0.6) is 5.75 Å². The minimum atomic E-state index is -0.531. The van der Waals surface area contributed by atoms with Gasteiger partial charge in [-0.1, -0.05) is 18.2 Å². The molecule has 2 aliphatic rings. The minimum absolute atomic E-state index is 0.161. The zero-order valence-corrected chi connectivity index (χ0v) is 24.7. The number of anilines is 3. The molecule has 0 aliphatic carbocycles. The maximum Gasteiger partial charge on any atom is 0.294 e. The molecule has 43 heavy (non-hydrogen) atoms. The van der Waals surface area contributed by atoms with Crippen molar-refractivity contribution in [1.82, 2.24) is 4.90 Å². The summed E-state index contributed by atoms with van der Waals surface area (Å²) in [7, 11) is 0. The van der Waals surface area contributed by atoms with Gasteiger partial charge in [-0.25, -0.2) is 0 Å². The van der Waals surface area contributed by atoms with Crippen LogP contribution in [0, 0.1) is 13.8 Å². The van der Waals surface area contributed by atoms with Crippen LogP contribution in [0.15, 0.2) is 71.6 Å². The van der Waals surface area contributed by atoms with Gasteiger partial charge in [-0.2, -0.15) is 0 Å². The van der Waals surface area contributed by atoms with E-state index >= 15 is 0 Å². The number of aryl methyl sites for hydroxylation is 2. The molecule has 0 unspecified atom stereocenters. The zero-order chi connectivity index (χ0) is 30.3. The predicted molar refractivity (Wildman–Crippen MR) is 167 cm³/mol. The third kappa shape index (κ3) is 7.82. The van der Waals surface area contributed by atoms with Crippen molar-refractivity contribution in [2.45, 2.75) is 13.8 Å². The molecule has 10 nitrogen and oxygen atoms in total. The van der Waals surface area contributed by atoms with Crippen molar-refractivity contribution in [3.8, 4) is 5.75 Å². The van der Waals surface area contributed by atoms with Crippen molar-refractivity contribution in [1.29, 1.82) is 0 Å². The first kappa shape index (κ1) is 29.9. The van der Waals surface area contributed by atoms with E-state index in [4.69, 9.17) is 9.47 Å². The van der Waals surface area contributed by atoms with Gasteiger partial charge >= 0.3 is 0 Å². The fourth-order valence-electron chi connectivity index (χ4n) is 4.53. The highest BCUT2D eigenvalue weighted by molar-refractivity contribution is 8.18. The number of rotatable bonds is 9. The number of carbonyl (C=O) groups is 4. The van der Waals surface area contributed by atoms with Crippen LogP contribution in [0.1, 0.15) is 16.7 Å². The molecule has 0 bridgehead atoms. The van der Waals surface area contributed by atoms with E-state index in [0.717, 1.165) is 46.6 Å². The maximum atomic E-state index is 12.9. The van der Waals surface area contributed by atoms with Crippen molar-refractivity contribution in [2.24, 2.45) is 0 Å². The summed E-state index contributed by atoms with van der Waals surface area (Å²) in [6.45, 7) is 6.42. The van der Waals surface area contributed by atoms with E-state index in [-0.39, 0.29) is 24.0 Å². The average Bonchev–Trinajstić information content (AvgIpc) is 3.26. The molecule has 0 aromatic heterocycles. The number of nitrogens with one attached hydrogen (secondary N) is 2. The van der Waals surface area contributed by atoms with Crippen LogP contribution in [0.25, 0.3) is 6.08 Å². The smallest absolute Gasteiger partial charge is 0.294 e. The Morgan fingerprint density at radius 1 is 0.884 bits per heavy atom. The number of morpholine rings is 1. The Hall–Kier alpha value is -4.61. The van der Waals surface area contributed by atoms with Crippen LogP contribution < -0.4 is 20.3 Å². The summed E-state index contributed by atoms with van der Waals surface area (Å²) in [5, 5.41) is 5.05. The van der Waals surface area contributed by atoms with Crippen LogP contribution in [0.3, 0.4) is 0 Å². The summed E-state index contributed by atoms with van der Waals surface area (Å²) in [6.07, 6.45) is 1.59. The molecule has 2 fully saturated rings. The molecule has 0 saturated carbocycles. The monoisotopic (exact) mass is 600 g/mol. The summed E-state index contributed by atoms with van der Waals surface area (Å²) in [5.41, 5.74) is 5.22. The predicted octanol–water partition coefficient (Wildman–Crippen LogP) is 4.83. The van der Waals surface area contributed by atoms with Gasteiger partial charge in [-0.05, 0) is 96.9 Å². The van der Waals surface area contributed by atoms with E-state index < -0.39 is 17.1 Å². The van der Waals surface area contributed by atoms with Crippen LogP contribution >= 0.6 is 11.8 Å². The molecule has 4 amide bonds. The lowest BCUT2D eigenvalue weighted by atomic mass is 10.1. The van der Waals surface area contributed by atoms with Gasteiger partial charge in [0.1, 0.15) is 12.3 Å². The molecule has 2 saturated heterocycles. The molecule has 0 atom stereocenters. The molecule has 0 spiro atoms. The average molecular weight is 601 g/mol. The standard InChI is InChI=1S/C32H32N4O6S/c1-21-3-6-25(17-22(21)2)34-30(38)20-42-27-11-4-23(5-12-27)18-28-31(39)36(32(40)43-28)19-29(37)33-24-7-9-26(10-8-24)35-13-15-41-16-14-35/h3-12,17-18H,13-16,19-20H2,1-2H3,(H,33,37)(H,34,38)/b28-18-. The van der Waals surface area contributed by atoms with E-state index in [9.17, 15) is 19.2 Å². The third-order valence-corrected chi connectivity index (χ3v) is 7.95. The number of hydrogen-bond acceptors (Lipinski definition) is 8. The number of thioether (sulfide) groups is 1. The summed E-state index contributed by atoms with van der Waals surface area (Å²) < 4.78 is 11.0. The van der Waals surface area contributed by atoms with E-state index in [1.807, 2.05) is 44.2 Å². The maximum absolute atomic E-state index is 12.9. The zero-order valence-electron chi connectivity index (χ0n) is 23.9. The Morgan fingerprint density at radius 2 is 1.56 bits per heavy atom. The molecule has 3 aromatic carbocycles. The molecule has 3 aromatic rings. The number of amides is 4. The number of imide groups is 1. The fraction of sp³-hybridized carbons (Fsp3) is 0.250. The molecular weight excluding hydrogens is 568 g/mol. The van der Waals surface area contributed by atoms with Crippen LogP contribution in [-0.2, 0) is 19.1 Å². The van der Waals surface area contributed by atoms with Gasteiger partial charge in [0.25, 0.3) is 17.1 Å². The highest BCUT2D eigenvalue weighted by Crippen LogP contribution is 2.32. The van der Waals surface area contributed by atoms with Crippen LogP contribution in [-0.4, -0.2) is 67.3 Å². The Balaban J connectivity index is 1.11. The molecule has 222 valence electrons. The van der Waals surface area contributed by atoms with Crippen molar-refractivity contribution in [2.75, 3.05) is 55.0 Å². The van der Waals surface area contributed by atoms with Crippen LogP contribution in [0.4, 0.5) is 21.9 Å². The fourth-order valence-corrected chi connectivity index (χ4v) is 5.37. The van der Waals surface area contributed by atoms with Gasteiger partial charge in [-0.15, -0.1) is 0 Å². The van der Waals surface area contributed by atoms with Gasteiger partial charge in [0.15, 0.2) is 6.61 Å². The number of hydrogen-bond donors (Lipinski definition) is 2. The SMILES string of the molecule is Cc1ccc(NC(=O)COc2ccc(/C=C3\SC(=O)N(CC(=O)Nc4ccc(N5CCOCC5)cc4)C3=O)cc2)cc1C. The molecule has 2 heterocycles. The minimum Gasteiger partial charge on any atom is -0.484 e. The van der Waals surface area contributed by atoms with Gasteiger partial charge < -0.3 is 25.0 Å². The van der Waals surface area contributed by atoms with Crippen molar-refractivity contribution in [3.05, 3.63) is 88.3 Å². The Kier molecular flexibility index (Phi) is 9.43. The van der Waals surface area contributed by atoms with Crippen molar-refractivity contribution < 1.29 is 28.7 Å². The second-order valence-corrected chi connectivity index (χ2v) is 11.2. The summed E-state index contributed by atoms with van der Waals surface area (Å²) >= 11 is 0.782. The number of carbonyl (C=O) groups excluding carboxylic acids is 4. The summed E-state index contributed by atoms with van der Waals surface area (Å²) in [6, 6.07) is 19.9. The Bertz CT molecular complexity index is 1550. The summed E-state index contributed by atoms with van der Waals surface area (Å²) in [4.78, 5) is 53.7. The topological polar surface area (TPSA) is 117 Å². The van der Waals surface area contributed by atoms with E-state index in [0.29, 0.717) is 35.9 Å². The number of nitrogens with zero attached hydrogens (tertiary/aromatic N) is 2. The molecular formula is C32H32N4O6S. The molecule has 11 heteroatoms. The van der Waals surface area contributed by atoms with E-state index in [2.05, 4.69) is 15.5 Å². The largest absolute Gasteiger partial charge is 0.484 e. The van der Waals surface area contributed by atoms with E-state index in [1.54, 1.807) is 42.5 Å².